The summed E-state index contributed by atoms with van der Waals surface area (Å²) in [6.45, 7) is 15.6. The number of fused-ring (bicyclic) bond motifs is 9. The number of aliphatic hydroxyl groups excluding tert-OH is 3. The van der Waals surface area contributed by atoms with E-state index >= 15 is 17.6 Å². The number of hydrogen-bond donors (Lipinski definition) is 6. The monoisotopic (exact) mass is 1500 g/mol. The summed E-state index contributed by atoms with van der Waals surface area (Å²) in [5, 5.41) is 32.6. The number of para-hydroxylation sites is 3. The van der Waals surface area contributed by atoms with E-state index in [1.807, 2.05) is 130 Å². The molecule has 3 fully saturated rings. The topological polar surface area (TPSA) is 127 Å². The van der Waals surface area contributed by atoms with E-state index in [1.54, 1.807) is 9.80 Å². The second kappa shape index (κ2) is 33.8. The van der Waals surface area contributed by atoms with Gasteiger partial charge in [0.2, 0.25) is 0 Å². The lowest BCUT2D eigenvalue weighted by molar-refractivity contribution is -0.0866. The SMILES string of the molecule is CCCCN1CC([C@@H](F)c2ccc([C@@H]3c4[nH]c5ccccc5c4C[C@@H](C)N3CC(F)(F)CO)cc2)C1.CCCCN1CC([C@H](F)c2ccc([C@@H]3c4[nH]c5ccccc5c4C[C@@H](C)N3CC(F)(F)CO)cc2)C1.CCCCN1CC([C@H](O)c2cc(F)c([C@@H]3c4[nH]c5ccccc5c4C[C@@H](C)N3CC(F)F)c(F)c2)C1. The fourth-order valence-electron chi connectivity index (χ4n) is 17.8. The Morgan fingerprint density at radius 1 is 0.444 bits per heavy atom. The van der Waals surface area contributed by atoms with Crippen LogP contribution in [0, 0.1) is 29.4 Å². The van der Waals surface area contributed by atoms with Crippen LogP contribution in [-0.2, 0) is 19.3 Å². The highest BCUT2D eigenvalue weighted by molar-refractivity contribution is 5.87. The van der Waals surface area contributed by atoms with Crippen molar-refractivity contribution in [2.75, 3.05) is 91.8 Å². The Hall–Kier alpha value is -7.12. The van der Waals surface area contributed by atoms with Crippen LogP contribution in [-0.4, -0.2) is 188 Å². The Morgan fingerprint density at radius 2 is 0.778 bits per heavy atom. The van der Waals surface area contributed by atoms with Gasteiger partial charge in [-0.25, -0.2) is 43.9 Å². The molecule has 0 unspecified atom stereocenters. The molecular weight excluding hydrogens is 1400 g/mol. The minimum absolute atomic E-state index is 0.00228. The highest BCUT2D eigenvalue weighted by Gasteiger charge is 2.46. The first-order valence-electron chi connectivity index (χ1n) is 39.0. The van der Waals surface area contributed by atoms with Crippen LogP contribution in [0.4, 0.5) is 43.9 Å². The number of halogens is 10. The highest BCUT2D eigenvalue weighted by Crippen LogP contribution is 2.48. The zero-order chi connectivity index (χ0) is 76.5. The number of aromatic amines is 3. The van der Waals surface area contributed by atoms with Crippen molar-refractivity contribution >= 4 is 32.7 Å². The van der Waals surface area contributed by atoms with Crippen molar-refractivity contribution in [1.82, 2.24) is 44.4 Å². The molecule has 22 heteroatoms. The van der Waals surface area contributed by atoms with Gasteiger partial charge in [-0.15, -0.1) is 0 Å². The summed E-state index contributed by atoms with van der Waals surface area (Å²) in [6, 6.07) is 38.2. The van der Waals surface area contributed by atoms with Crippen LogP contribution in [0.1, 0.15) is 184 Å². The van der Waals surface area contributed by atoms with Crippen LogP contribution in [0.25, 0.3) is 32.7 Å². The van der Waals surface area contributed by atoms with Gasteiger partial charge in [-0.1, -0.05) is 143 Å². The minimum atomic E-state index is -3.21. The van der Waals surface area contributed by atoms with Crippen molar-refractivity contribution in [1.29, 1.82) is 0 Å². The Labute approximate surface area is 627 Å². The molecule has 6 aromatic carbocycles. The maximum atomic E-state index is 15.7. The molecule has 582 valence electrons. The van der Waals surface area contributed by atoms with Gasteiger partial charge in [-0.05, 0) is 154 Å². The Balaban J connectivity index is 0.000000143. The summed E-state index contributed by atoms with van der Waals surface area (Å²) in [5.74, 6) is -8.16. The van der Waals surface area contributed by atoms with Gasteiger partial charge in [0.1, 0.15) is 37.2 Å². The summed E-state index contributed by atoms with van der Waals surface area (Å²) in [4.78, 5) is 22.1. The molecule has 9 aromatic rings. The number of hydrogen-bond acceptors (Lipinski definition) is 9. The van der Waals surface area contributed by atoms with E-state index in [2.05, 4.69) is 62.6 Å². The number of rotatable bonds is 26. The van der Waals surface area contributed by atoms with Crippen LogP contribution < -0.4 is 0 Å². The predicted octanol–water partition coefficient (Wildman–Crippen LogP) is 17.6. The molecular formula is C86H105F10N9O3. The first-order chi connectivity index (χ1) is 51.9. The molecule has 0 aliphatic carbocycles. The molecule has 6 N–H and O–H groups in total. The zero-order valence-electron chi connectivity index (χ0n) is 62.8. The van der Waals surface area contributed by atoms with E-state index in [9.17, 15) is 41.7 Å². The van der Waals surface area contributed by atoms with Gasteiger partial charge in [0.15, 0.2) is 0 Å². The number of H-pyrrole nitrogens is 3. The largest absolute Gasteiger partial charge is 0.390 e. The Morgan fingerprint density at radius 3 is 1.12 bits per heavy atom. The van der Waals surface area contributed by atoms with Crippen molar-refractivity contribution in [2.24, 2.45) is 17.8 Å². The molecule has 3 saturated heterocycles. The zero-order valence-corrected chi connectivity index (χ0v) is 62.8. The van der Waals surface area contributed by atoms with Gasteiger partial charge >= 0.3 is 0 Å². The minimum Gasteiger partial charge on any atom is -0.390 e. The molecule has 0 spiro atoms. The number of nitrogens with zero attached hydrogens (tertiary/aromatic N) is 6. The fourth-order valence-corrected chi connectivity index (χ4v) is 17.8. The maximum Gasteiger partial charge on any atom is 0.283 e. The van der Waals surface area contributed by atoms with E-state index in [1.165, 1.54) is 17.0 Å². The normalized spacial score (nSPS) is 22.4. The maximum absolute atomic E-state index is 15.7. The number of benzene rings is 6. The summed E-state index contributed by atoms with van der Waals surface area (Å²) in [6.07, 6.45) is 2.81. The van der Waals surface area contributed by atoms with Crippen LogP contribution in [0.2, 0.25) is 0 Å². The number of likely N-dealkylation sites (tertiary alicyclic amines) is 3. The average molecular weight is 1500 g/mol. The third-order valence-corrected chi connectivity index (χ3v) is 23.8. The number of alkyl halides is 8. The van der Waals surface area contributed by atoms with Crippen molar-refractivity contribution in [3.05, 3.63) is 212 Å². The number of aliphatic hydroxyl groups is 3. The number of aromatic nitrogens is 3. The summed E-state index contributed by atoms with van der Waals surface area (Å²) >= 11 is 0. The molecule has 9 atom stereocenters. The van der Waals surface area contributed by atoms with Crippen molar-refractivity contribution in [2.45, 2.75) is 172 Å². The molecule has 6 aliphatic heterocycles. The molecule has 3 aromatic heterocycles. The second-order valence-corrected chi connectivity index (χ2v) is 31.6. The third kappa shape index (κ3) is 16.7. The van der Waals surface area contributed by atoms with Crippen molar-refractivity contribution in [3.63, 3.8) is 0 Å². The summed E-state index contributed by atoms with van der Waals surface area (Å²) in [7, 11) is 0. The fraction of sp³-hybridized carbons (Fsp3) is 0.512. The first kappa shape index (κ1) is 79.0. The second-order valence-electron chi connectivity index (χ2n) is 31.6. The van der Waals surface area contributed by atoms with Gasteiger partial charge in [-0.3, -0.25) is 14.7 Å². The predicted molar refractivity (Wildman–Crippen MR) is 407 cm³/mol. The Kier molecular flexibility index (Phi) is 24.7. The highest BCUT2D eigenvalue weighted by atomic mass is 19.3. The molecule has 0 saturated carbocycles. The number of unbranched alkanes of at least 4 members (excludes halogenated alkanes) is 3. The van der Waals surface area contributed by atoms with Crippen molar-refractivity contribution in [3.8, 4) is 0 Å². The van der Waals surface area contributed by atoms with Gasteiger partial charge in [0.05, 0.1) is 43.9 Å². The first-order valence-corrected chi connectivity index (χ1v) is 39.0. The van der Waals surface area contributed by atoms with E-state index in [0.29, 0.717) is 49.2 Å². The summed E-state index contributed by atoms with van der Waals surface area (Å²) in [5.41, 5.74) is 11.2. The molecule has 0 bridgehead atoms. The molecule has 108 heavy (non-hydrogen) atoms. The van der Waals surface area contributed by atoms with E-state index < -0.39 is 99.3 Å². The van der Waals surface area contributed by atoms with Gasteiger partial charge in [0.25, 0.3) is 18.3 Å². The van der Waals surface area contributed by atoms with Crippen LogP contribution in [0.15, 0.2) is 133 Å². The lowest BCUT2D eigenvalue weighted by atomic mass is 9.85. The molecule has 9 heterocycles. The molecule has 6 aliphatic rings. The van der Waals surface area contributed by atoms with Crippen LogP contribution in [0.5, 0.6) is 0 Å². The third-order valence-electron chi connectivity index (χ3n) is 23.8. The van der Waals surface area contributed by atoms with Gasteiger partial charge in [-0.2, -0.15) is 0 Å². The Bertz CT molecular complexity index is 4250. The van der Waals surface area contributed by atoms with E-state index in [0.717, 1.165) is 156 Å². The molecule has 0 amide bonds. The standard InChI is InChI=1S/2C29H36F3N3O.C28H33F4N3O/c2*1-3-4-13-34-15-22(16-34)26(30)20-9-11-21(12-10-20)28-27-24(23-7-5-6-8-25(23)33-27)14-19(2)35(28)17-29(31,32)18-36;1-3-4-9-34-13-18(14-34)28(36)17-11-21(29)25(22(30)12-17)27-26-20(10-16(2)35(27)15-24(31)32)19-7-5-6-8-23(19)33-26/h2*5-12,19,22,26,28,33,36H,3-4,13-18H2,1-2H3;5-8,11-12,16,18,24,27-28,33,36H,3-4,9-10,13-15H2,1-2H3/t19-,26+,28-;19-,26-,28-;16-,27-,28-/m111/s1. The quantitative estimate of drug-likeness (QED) is 0.0294. The lowest BCUT2D eigenvalue weighted by Gasteiger charge is -2.42. The lowest BCUT2D eigenvalue weighted by Crippen LogP contribution is -2.49. The van der Waals surface area contributed by atoms with Crippen molar-refractivity contribution < 1.29 is 59.2 Å². The van der Waals surface area contributed by atoms with Gasteiger partial charge in [0, 0.05) is 131 Å². The molecule has 15 rings (SSSR count). The number of nitrogens with one attached hydrogen (secondary N) is 3. The smallest absolute Gasteiger partial charge is 0.283 e. The van der Waals surface area contributed by atoms with Crippen LogP contribution >= 0.6 is 0 Å². The van der Waals surface area contributed by atoms with E-state index in [-0.39, 0.29) is 47.0 Å². The van der Waals surface area contributed by atoms with Gasteiger partial charge < -0.3 is 45.0 Å². The average Bonchev–Trinajstić information content (AvgIpc) is 1.55. The van der Waals surface area contributed by atoms with Crippen LogP contribution in [0.3, 0.4) is 0 Å². The molecule has 12 nitrogen and oxygen atoms in total. The summed E-state index contributed by atoms with van der Waals surface area (Å²) < 4.78 is 147. The van der Waals surface area contributed by atoms with E-state index in [4.69, 9.17) is 0 Å². The molecule has 0 radical (unpaired) electrons.